The maximum absolute atomic E-state index is 12.1. The maximum atomic E-state index is 12.1. The van der Waals surface area contributed by atoms with E-state index < -0.39 is 0 Å². The predicted octanol–water partition coefficient (Wildman–Crippen LogP) is 3.94. The van der Waals surface area contributed by atoms with Gasteiger partial charge < -0.3 is 4.74 Å². The first-order chi connectivity index (χ1) is 9.24. The number of methoxy groups -OCH3 is 1. The summed E-state index contributed by atoms with van der Waals surface area (Å²) in [6.45, 7) is 5.92. The van der Waals surface area contributed by atoms with E-state index in [1.54, 1.807) is 4.57 Å². The Morgan fingerprint density at radius 2 is 2.16 bits per heavy atom. The second-order valence-electron chi connectivity index (χ2n) is 4.49. The molecule has 19 heavy (non-hydrogen) atoms. The van der Waals surface area contributed by atoms with Crippen molar-refractivity contribution in [2.75, 3.05) is 7.11 Å². The zero-order valence-corrected chi connectivity index (χ0v) is 11.5. The number of carbonyl (C=O) groups excluding carboxylic acids is 1. The van der Waals surface area contributed by atoms with Gasteiger partial charge in [0, 0.05) is 11.1 Å². The van der Waals surface area contributed by atoms with E-state index in [-0.39, 0.29) is 6.09 Å². The number of ether oxygens (including phenoxy) is 1. The van der Waals surface area contributed by atoms with Crippen molar-refractivity contribution in [1.82, 2.24) is 4.57 Å². The molecule has 0 amide bonds. The summed E-state index contributed by atoms with van der Waals surface area (Å²) in [5.74, 6) is 0. The molecule has 1 aromatic heterocycles. The van der Waals surface area contributed by atoms with E-state index in [0.29, 0.717) is 0 Å². The van der Waals surface area contributed by atoms with Crippen molar-refractivity contribution in [1.29, 1.82) is 0 Å². The molecule has 0 aliphatic rings. The average molecular weight is 257 g/mol. The summed E-state index contributed by atoms with van der Waals surface area (Å²) in [5.41, 5.74) is 3.13. The van der Waals surface area contributed by atoms with Crippen LogP contribution in [0.2, 0.25) is 0 Å². The van der Waals surface area contributed by atoms with Gasteiger partial charge in [-0.05, 0) is 24.5 Å². The maximum Gasteiger partial charge on any atom is 0.418 e. The van der Waals surface area contributed by atoms with Crippen molar-refractivity contribution < 1.29 is 9.53 Å². The van der Waals surface area contributed by atoms with E-state index in [9.17, 15) is 4.79 Å². The average Bonchev–Trinajstić information content (AvgIpc) is 2.74. The monoisotopic (exact) mass is 257 g/mol. The molecule has 0 atom stereocenters. The Hall–Kier alpha value is -2.03. The third-order valence-corrected chi connectivity index (χ3v) is 3.28. The molecule has 0 N–H and O–H groups in total. The molecule has 0 saturated heterocycles. The van der Waals surface area contributed by atoms with Crippen molar-refractivity contribution in [2.45, 2.75) is 26.2 Å². The van der Waals surface area contributed by atoms with Crippen LogP contribution >= 0.6 is 0 Å². The normalized spacial score (nSPS) is 10.6. The number of allylic oxidation sites excluding steroid dienone is 1. The molecule has 100 valence electrons. The molecule has 1 aromatic carbocycles. The van der Waals surface area contributed by atoms with Gasteiger partial charge in [-0.25, -0.2) is 9.36 Å². The fourth-order valence-corrected chi connectivity index (χ4v) is 2.53. The van der Waals surface area contributed by atoms with E-state index in [1.807, 2.05) is 30.3 Å². The highest BCUT2D eigenvalue weighted by molar-refractivity contribution is 5.93. The molecule has 0 saturated carbocycles. The molecule has 0 unspecified atom stereocenters. The van der Waals surface area contributed by atoms with Crippen LogP contribution in [0.5, 0.6) is 0 Å². The van der Waals surface area contributed by atoms with Crippen LogP contribution in [0.3, 0.4) is 0 Å². The van der Waals surface area contributed by atoms with E-state index >= 15 is 0 Å². The van der Waals surface area contributed by atoms with E-state index in [2.05, 4.69) is 13.5 Å². The molecular weight excluding hydrogens is 238 g/mol. The lowest BCUT2D eigenvalue weighted by atomic mass is 10.1. The first-order valence-electron chi connectivity index (χ1n) is 6.55. The molecule has 0 aliphatic carbocycles. The molecule has 0 radical (unpaired) electrons. The van der Waals surface area contributed by atoms with Gasteiger partial charge in [0.25, 0.3) is 0 Å². The van der Waals surface area contributed by atoms with Crippen LogP contribution in [-0.2, 0) is 17.6 Å². The van der Waals surface area contributed by atoms with Crippen molar-refractivity contribution in [2.24, 2.45) is 0 Å². The van der Waals surface area contributed by atoms with E-state index in [1.165, 1.54) is 12.7 Å². The molecular formula is C16H19NO2. The molecule has 3 nitrogen and oxygen atoms in total. The minimum Gasteiger partial charge on any atom is -0.452 e. The summed E-state index contributed by atoms with van der Waals surface area (Å²) >= 11 is 0. The minimum atomic E-state index is -0.324. The number of nitrogens with zero attached hydrogens (tertiary/aromatic N) is 1. The van der Waals surface area contributed by atoms with Crippen molar-refractivity contribution >= 4 is 17.0 Å². The molecule has 0 bridgehead atoms. The van der Waals surface area contributed by atoms with Crippen molar-refractivity contribution in [3.8, 4) is 0 Å². The largest absolute Gasteiger partial charge is 0.452 e. The second kappa shape index (κ2) is 5.74. The fraction of sp³-hybridized carbons (Fsp3) is 0.312. The minimum absolute atomic E-state index is 0.324. The highest BCUT2D eigenvalue weighted by Gasteiger charge is 2.19. The Bertz CT molecular complexity index is 610. The lowest BCUT2D eigenvalue weighted by molar-refractivity contribution is 0.173. The van der Waals surface area contributed by atoms with Crippen LogP contribution in [0.1, 0.15) is 24.6 Å². The highest BCUT2D eigenvalue weighted by Crippen LogP contribution is 2.28. The Kier molecular flexibility index (Phi) is 4.05. The number of para-hydroxylation sites is 1. The summed E-state index contributed by atoms with van der Waals surface area (Å²) in [5, 5.41) is 1.11. The SMILES string of the molecule is C=CCc1c(CCC)n(C(=O)OC)c2ccccc12. The predicted molar refractivity (Wildman–Crippen MR) is 77.6 cm³/mol. The van der Waals surface area contributed by atoms with Crippen LogP contribution < -0.4 is 0 Å². The Labute approximate surface area is 113 Å². The summed E-state index contributed by atoms with van der Waals surface area (Å²) in [6, 6.07) is 7.94. The number of hydrogen-bond acceptors (Lipinski definition) is 2. The summed E-state index contributed by atoms with van der Waals surface area (Å²) in [4.78, 5) is 12.1. The number of aromatic nitrogens is 1. The first-order valence-corrected chi connectivity index (χ1v) is 6.55. The number of benzene rings is 1. The van der Waals surface area contributed by atoms with Gasteiger partial charge in [-0.1, -0.05) is 37.6 Å². The molecule has 0 spiro atoms. The highest BCUT2D eigenvalue weighted by atomic mass is 16.5. The number of carbonyl (C=O) groups is 1. The number of fused-ring (bicyclic) bond motifs is 1. The first kappa shape index (κ1) is 13.4. The molecule has 0 fully saturated rings. The Balaban J connectivity index is 2.78. The fourth-order valence-electron chi connectivity index (χ4n) is 2.53. The van der Waals surface area contributed by atoms with Crippen molar-refractivity contribution in [3.05, 3.63) is 48.2 Å². The Morgan fingerprint density at radius 1 is 1.42 bits per heavy atom. The van der Waals surface area contributed by atoms with Gasteiger partial charge in [0.1, 0.15) is 0 Å². The second-order valence-corrected chi connectivity index (χ2v) is 4.49. The molecule has 2 aromatic rings. The zero-order valence-electron chi connectivity index (χ0n) is 11.5. The van der Waals surface area contributed by atoms with Gasteiger partial charge in [0.2, 0.25) is 0 Å². The van der Waals surface area contributed by atoms with Crippen LogP contribution in [0.25, 0.3) is 10.9 Å². The van der Waals surface area contributed by atoms with Gasteiger partial charge in [-0.2, -0.15) is 0 Å². The van der Waals surface area contributed by atoms with Gasteiger partial charge in [0.15, 0.2) is 0 Å². The van der Waals surface area contributed by atoms with Gasteiger partial charge in [-0.3, -0.25) is 0 Å². The van der Waals surface area contributed by atoms with E-state index in [0.717, 1.165) is 35.9 Å². The third kappa shape index (κ3) is 2.28. The lowest BCUT2D eigenvalue weighted by Gasteiger charge is -2.08. The quantitative estimate of drug-likeness (QED) is 0.777. The Morgan fingerprint density at radius 3 is 2.79 bits per heavy atom. The third-order valence-electron chi connectivity index (χ3n) is 3.28. The lowest BCUT2D eigenvalue weighted by Crippen LogP contribution is -2.14. The summed E-state index contributed by atoms with van der Waals surface area (Å²) in [6.07, 6.45) is 4.15. The topological polar surface area (TPSA) is 31.2 Å². The molecule has 0 aliphatic heterocycles. The standard InChI is InChI=1S/C16H19NO2/c1-4-8-12-13-10-6-7-11-15(13)17(16(18)19-3)14(12)9-5-2/h4,6-7,10-11H,1,5,8-9H2,2-3H3. The van der Waals surface area contributed by atoms with E-state index in [4.69, 9.17) is 4.74 Å². The van der Waals surface area contributed by atoms with Crippen LogP contribution in [-0.4, -0.2) is 17.8 Å². The smallest absolute Gasteiger partial charge is 0.418 e. The number of hydrogen-bond donors (Lipinski definition) is 0. The zero-order chi connectivity index (χ0) is 13.8. The molecule has 2 rings (SSSR count). The van der Waals surface area contributed by atoms with Crippen LogP contribution in [0, 0.1) is 0 Å². The molecule has 3 heteroatoms. The summed E-state index contributed by atoms with van der Waals surface area (Å²) in [7, 11) is 1.42. The van der Waals surface area contributed by atoms with Gasteiger partial charge in [0.05, 0.1) is 12.6 Å². The number of rotatable bonds is 4. The van der Waals surface area contributed by atoms with Gasteiger partial charge in [-0.15, -0.1) is 6.58 Å². The summed E-state index contributed by atoms with van der Waals surface area (Å²) < 4.78 is 6.61. The van der Waals surface area contributed by atoms with Crippen LogP contribution in [0.4, 0.5) is 4.79 Å². The van der Waals surface area contributed by atoms with Crippen LogP contribution in [0.15, 0.2) is 36.9 Å². The van der Waals surface area contributed by atoms with Crippen molar-refractivity contribution in [3.63, 3.8) is 0 Å². The molecule has 1 heterocycles. The van der Waals surface area contributed by atoms with Gasteiger partial charge >= 0.3 is 6.09 Å².